The van der Waals surface area contributed by atoms with Crippen LogP contribution in [0.5, 0.6) is 0 Å². The van der Waals surface area contributed by atoms with Crippen molar-refractivity contribution in [3.05, 3.63) is 28.8 Å². The summed E-state index contributed by atoms with van der Waals surface area (Å²) in [7, 11) is 0. The molecule has 114 valence electrons. The predicted molar refractivity (Wildman–Crippen MR) is 86.8 cm³/mol. The first-order valence-corrected chi connectivity index (χ1v) is 7.22. The molecule has 0 aromatic heterocycles. The summed E-state index contributed by atoms with van der Waals surface area (Å²) in [5, 5.41) is 14.5. The molecule has 0 saturated heterocycles. The van der Waals surface area contributed by atoms with Crippen LogP contribution in [0.3, 0.4) is 0 Å². The van der Waals surface area contributed by atoms with Gasteiger partial charge in [0.15, 0.2) is 5.11 Å². The van der Waals surface area contributed by atoms with Gasteiger partial charge in [-0.1, -0.05) is 25.4 Å². The second kappa shape index (κ2) is 7.95. The van der Waals surface area contributed by atoms with E-state index in [-0.39, 0.29) is 21.6 Å². The average Bonchev–Trinajstić information content (AvgIpc) is 2.35. The van der Waals surface area contributed by atoms with Crippen molar-refractivity contribution in [2.45, 2.75) is 26.7 Å². The van der Waals surface area contributed by atoms with Gasteiger partial charge in [-0.25, -0.2) is 4.79 Å². The van der Waals surface area contributed by atoms with Crippen molar-refractivity contribution in [2.24, 2.45) is 5.92 Å². The Balaban J connectivity index is 2.57. The number of anilines is 1. The zero-order valence-corrected chi connectivity index (χ0v) is 13.3. The molecule has 0 atom stereocenters. The Morgan fingerprint density at radius 2 is 2.05 bits per heavy atom. The van der Waals surface area contributed by atoms with Crippen molar-refractivity contribution in [3.8, 4) is 0 Å². The lowest BCUT2D eigenvalue weighted by Crippen LogP contribution is -2.34. The number of aromatic carboxylic acids is 1. The predicted octanol–water partition coefficient (Wildman–Crippen LogP) is 3.29. The van der Waals surface area contributed by atoms with Gasteiger partial charge in [0.25, 0.3) is 0 Å². The molecule has 1 aromatic rings. The summed E-state index contributed by atoms with van der Waals surface area (Å²) in [6.07, 6.45) is 1.19. The molecule has 0 radical (unpaired) electrons. The summed E-state index contributed by atoms with van der Waals surface area (Å²) < 4.78 is 0. The molecular formula is C14H17ClN2O3S. The number of hydrogen-bond acceptors (Lipinski definition) is 3. The van der Waals surface area contributed by atoms with Crippen molar-refractivity contribution in [2.75, 3.05) is 5.32 Å². The van der Waals surface area contributed by atoms with Crippen LogP contribution in [0, 0.1) is 5.92 Å². The molecule has 21 heavy (non-hydrogen) atoms. The third kappa shape index (κ3) is 6.10. The molecular weight excluding hydrogens is 312 g/mol. The molecule has 0 heterocycles. The zero-order chi connectivity index (χ0) is 16.0. The molecule has 0 bridgehead atoms. The molecule has 1 rings (SSSR count). The summed E-state index contributed by atoms with van der Waals surface area (Å²) >= 11 is 10.9. The van der Waals surface area contributed by atoms with Crippen LogP contribution in [-0.4, -0.2) is 22.1 Å². The van der Waals surface area contributed by atoms with Gasteiger partial charge in [0.05, 0.1) is 10.6 Å². The SMILES string of the molecule is CC(C)CCC(=O)NC(=S)Nc1ccc(C(=O)O)c(Cl)c1. The van der Waals surface area contributed by atoms with Gasteiger partial charge in [0.2, 0.25) is 5.91 Å². The normalized spacial score (nSPS) is 10.3. The highest BCUT2D eigenvalue weighted by atomic mass is 35.5. The van der Waals surface area contributed by atoms with E-state index >= 15 is 0 Å². The highest BCUT2D eigenvalue weighted by molar-refractivity contribution is 7.80. The molecule has 0 aliphatic carbocycles. The minimum Gasteiger partial charge on any atom is -0.478 e. The van der Waals surface area contributed by atoms with E-state index in [1.165, 1.54) is 18.2 Å². The lowest BCUT2D eigenvalue weighted by Gasteiger charge is -2.11. The van der Waals surface area contributed by atoms with Gasteiger partial charge in [-0.05, 0) is 42.8 Å². The first-order valence-electron chi connectivity index (χ1n) is 6.43. The highest BCUT2D eigenvalue weighted by Crippen LogP contribution is 2.20. The third-order valence-electron chi connectivity index (χ3n) is 2.66. The van der Waals surface area contributed by atoms with Crippen LogP contribution in [-0.2, 0) is 4.79 Å². The van der Waals surface area contributed by atoms with E-state index in [0.717, 1.165) is 6.42 Å². The summed E-state index contributed by atoms with van der Waals surface area (Å²) in [4.78, 5) is 22.5. The number of halogens is 1. The van der Waals surface area contributed by atoms with E-state index in [0.29, 0.717) is 18.0 Å². The maximum atomic E-state index is 11.6. The van der Waals surface area contributed by atoms with Gasteiger partial charge in [0.1, 0.15) is 0 Å². The fourth-order valence-corrected chi connectivity index (χ4v) is 2.03. The third-order valence-corrected chi connectivity index (χ3v) is 3.18. The second-order valence-electron chi connectivity index (χ2n) is 4.93. The molecule has 0 aliphatic rings. The summed E-state index contributed by atoms with van der Waals surface area (Å²) in [6, 6.07) is 4.34. The van der Waals surface area contributed by atoms with E-state index < -0.39 is 5.97 Å². The Labute approximate surface area is 133 Å². The Morgan fingerprint density at radius 3 is 2.57 bits per heavy atom. The van der Waals surface area contributed by atoms with Crippen molar-refractivity contribution in [1.82, 2.24) is 5.32 Å². The quantitative estimate of drug-likeness (QED) is 0.723. The van der Waals surface area contributed by atoms with E-state index in [9.17, 15) is 9.59 Å². The molecule has 5 nitrogen and oxygen atoms in total. The molecule has 1 amide bonds. The first-order chi connectivity index (χ1) is 9.79. The van der Waals surface area contributed by atoms with Gasteiger partial charge in [-0.15, -0.1) is 0 Å². The van der Waals surface area contributed by atoms with Gasteiger partial charge in [-0.2, -0.15) is 0 Å². The van der Waals surface area contributed by atoms with E-state index in [1.807, 2.05) is 13.8 Å². The number of carbonyl (C=O) groups excluding carboxylic acids is 1. The number of benzene rings is 1. The van der Waals surface area contributed by atoms with Crippen molar-refractivity contribution in [3.63, 3.8) is 0 Å². The van der Waals surface area contributed by atoms with Gasteiger partial charge >= 0.3 is 5.97 Å². The smallest absolute Gasteiger partial charge is 0.337 e. The Morgan fingerprint density at radius 1 is 1.38 bits per heavy atom. The van der Waals surface area contributed by atoms with E-state index in [4.69, 9.17) is 28.9 Å². The first kappa shape index (κ1) is 17.4. The number of carboxylic acids is 1. The molecule has 7 heteroatoms. The number of amides is 1. The maximum Gasteiger partial charge on any atom is 0.337 e. The molecule has 3 N–H and O–H groups in total. The number of carboxylic acid groups (broad SMARTS) is 1. The van der Waals surface area contributed by atoms with Crippen LogP contribution in [0.15, 0.2) is 18.2 Å². The summed E-state index contributed by atoms with van der Waals surface area (Å²) in [5.41, 5.74) is 0.522. The van der Waals surface area contributed by atoms with Gasteiger partial charge in [0, 0.05) is 12.1 Å². The number of hydrogen-bond donors (Lipinski definition) is 3. The number of thiocarbonyl (C=S) groups is 1. The van der Waals surface area contributed by atoms with Crippen molar-refractivity contribution in [1.29, 1.82) is 0 Å². The molecule has 0 aliphatic heterocycles. The van der Waals surface area contributed by atoms with Crippen LogP contribution in [0.1, 0.15) is 37.0 Å². The van der Waals surface area contributed by atoms with Gasteiger partial charge < -0.3 is 15.7 Å². The van der Waals surface area contributed by atoms with Crippen LogP contribution < -0.4 is 10.6 Å². The Kier molecular flexibility index (Phi) is 6.58. The minimum atomic E-state index is -1.10. The average molecular weight is 329 g/mol. The van der Waals surface area contributed by atoms with E-state index in [2.05, 4.69) is 10.6 Å². The number of rotatable bonds is 5. The lowest BCUT2D eigenvalue weighted by atomic mass is 10.1. The Bertz CT molecular complexity index is 561. The maximum absolute atomic E-state index is 11.6. The highest BCUT2D eigenvalue weighted by Gasteiger charge is 2.10. The molecule has 0 fully saturated rings. The van der Waals surface area contributed by atoms with Crippen molar-refractivity contribution >= 4 is 46.5 Å². The Hall–Kier alpha value is -1.66. The standard InChI is InChI=1S/C14H17ClN2O3S/c1-8(2)3-6-12(18)17-14(21)16-9-4-5-10(13(19)20)11(15)7-9/h4-5,7-8H,3,6H2,1-2H3,(H,19,20)(H2,16,17,18,21). The number of carbonyl (C=O) groups is 2. The summed E-state index contributed by atoms with van der Waals surface area (Å²) in [5.74, 6) is -0.815. The second-order valence-corrected chi connectivity index (χ2v) is 5.75. The van der Waals surface area contributed by atoms with Crippen LogP contribution >= 0.6 is 23.8 Å². The van der Waals surface area contributed by atoms with Crippen LogP contribution in [0.25, 0.3) is 0 Å². The van der Waals surface area contributed by atoms with Crippen LogP contribution in [0.4, 0.5) is 5.69 Å². The molecule has 0 unspecified atom stereocenters. The lowest BCUT2D eigenvalue weighted by molar-refractivity contribution is -0.119. The minimum absolute atomic E-state index is 0.00843. The molecule has 0 saturated carbocycles. The number of nitrogens with one attached hydrogen (secondary N) is 2. The largest absolute Gasteiger partial charge is 0.478 e. The topological polar surface area (TPSA) is 78.4 Å². The van der Waals surface area contributed by atoms with Crippen molar-refractivity contribution < 1.29 is 14.7 Å². The van der Waals surface area contributed by atoms with Crippen LogP contribution in [0.2, 0.25) is 5.02 Å². The summed E-state index contributed by atoms with van der Waals surface area (Å²) in [6.45, 7) is 4.08. The zero-order valence-electron chi connectivity index (χ0n) is 11.8. The van der Waals surface area contributed by atoms with Gasteiger partial charge in [-0.3, -0.25) is 4.79 Å². The monoisotopic (exact) mass is 328 g/mol. The van der Waals surface area contributed by atoms with E-state index in [1.54, 1.807) is 0 Å². The fraction of sp³-hybridized carbons (Fsp3) is 0.357. The molecule has 1 aromatic carbocycles. The molecule has 0 spiro atoms. The fourth-order valence-electron chi connectivity index (χ4n) is 1.54.